The summed E-state index contributed by atoms with van der Waals surface area (Å²) < 4.78 is 5.31. The highest BCUT2D eigenvalue weighted by Crippen LogP contribution is 2.17. The molecular weight excluding hydrogens is 230 g/mol. The minimum Gasteiger partial charge on any atom is -0.381 e. The largest absolute Gasteiger partial charge is 0.381 e. The normalized spacial score (nSPS) is 18.6. The molecule has 0 saturated carbocycles. The summed E-state index contributed by atoms with van der Waals surface area (Å²) in [5, 5.41) is 5.57. The van der Waals surface area contributed by atoms with Gasteiger partial charge in [0.25, 0.3) is 0 Å². The molecule has 2 heterocycles. The third kappa shape index (κ3) is 4.33. The molecule has 2 rings (SSSR count). The lowest BCUT2D eigenvalue weighted by Gasteiger charge is -2.09. The van der Waals surface area contributed by atoms with Gasteiger partial charge in [-0.1, -0.05) is 0 Å². The number of hydrogen-bond donors (Lipinski definition) is 2. The Morgan fingerprint density at radius 1 is 1.56 bits per heavy atom. The highest BCUT2D eigenvalue weighted by molar-refractivity contribution is 5.88. The number of nitrogens with zero attached hydrogens (tertiary/aromatic N) is 1. The Kier molecular flexibility index (Phi) is 4.96. The number of carbonyl (C=O) groups excluding carboxylic acids is 1. The second-order valence-electron chi connectivity index (χ2n) is 4.49. The molecule has 1 aliphatic heterocycles. The molecule has 0 spiro atoms. The van der Waals surface area contributed by atoms with Gasteiger partial charge in [0.2, 0.25) is 0 Å². The second-order valence-corrected chi connectivity index (χ2v) is 4.49. The van der Waals surface area contributed by atoms with Gasteiger partial charge in [0.1, 0.15) is 0 Å². The van der Waals surface area contributed by atoms with Crippen LogP contribution in [0.5, 0.6) is 0 Å². The molecule has 5 heteroatoms. The third-order valence-electron chi connectivity index (χ3n) is 3.02. The van der Waals surface area contributed by atoms with Crippen LogP contribution in [0.3, 0.4) is 0 Å². The van der Waals surface area contributed by atoms with E-state index < -0.39 is 0 Å². The number of rotatable bonds is 5. The predicted octanol–water partition coefficient (Wildman–Crippen LogP) is 2.02. The average Bonchev–Trinajstić information content (AvgIpc) is 2.89. The smallest absolute Gasteiger partial charge is 0.319 e. The van der Waals surface area contributed by atoms with Gasteiger partial charge in [-0.15, -0.1) is 0 Å². The minimum absolute atomic E-state index is 0.175. The van der Waals surface area contributed by atoms with Crippen molar-refractivity contribution in [2.24, 2.45) is 5.92 Å². The Morgan fingerprint density at radius 2 is 2.50 bits per heavy atom. The Hall–Kier alpha value is -1.62. The topological polar surface area (TPSA) is 63.2 Å². The van der Waals surface area contributed by atoms with Crippen LogP contribution in [0.15, 0.2) is 24.5 Å². The van der Waals surface area contributed by atoms with Crippen molar-refractivity contribution < 1.29 is 9.53 Å². The molecule has 18 heavy (non-hydrogen) atoms. The number of ether oxygens (including phenoxy) is 1. The fourth-order valence-corrected chi connectivity index (χ4v) is 2.02. The fraction of sp³-hybridized carbons (Fsp3) is 0.538. The van der Waals surface area contributed by atoms with Crippen LogP contribution in [-0.4, -0.2) is 30.8 Å². The van der Waals surface area contributed by atoms with Gasteiger partial charge in [0.15, 0.2) is 0 Å². The summed E-state index contributed by atoms with van der Waals surface area (Å²) in [5.41, 5.74) is 0.708. The zero-order valence-electron chi connectivity index (χ0n) is 10.4. The maximum absolute atomic E-state index is 11.5. The summed E-state index contributed by atoms with van der Waals surface area (Å²) in [7, 11) is 0. The minimum atomic E-state index is -0.175. The van der Waals surface area contributed by atoms with Crippen molar-refractivity contribution in [3.05, 3.63) is 24.5 Å². The van der Waals surface area contributed by atoms with Gasteiger partial charge < -0.3 is 15.4 Å². The van der Waals surface area contributed by atoms with Crippen LogP contribution < -0.4 is 10.6 Å². The molecule has 2 amide bonds. The molecule has 1 fully saturated rings. The Bertz CT molecular complexity index is 364. The quantitative estimate of drug-likeness (QED) is 0.785. The van der Waals surface area contributed by atoms with E-state index in [1.165, 1.54) is 0 Å². The van der Waals surface area contributed by atoms with E-state index in [9.17, 15) is 4.79 Å². The van der Waals surface area contributed by atoms with E-state index in [0.717, 1.165) is 32.5 Å². The van der Waals surface area contributed by atoms with Gasteiger partial charge in [0.05, 0.1) is 11.9 Å². The molecular formula is C13H19N3O2. The first-order valence-electron chi connectivity index (χ1n) is 6.37. The summed E-state index contributed by atoms with van der Waals surface area (Å²) in [4.78, 5) is 15.5. The van der Waals surface area contributed by atoms with Gasteiger partial charge in [-0.3, -0.25) is 4.98 Å². The molecule has 0 aromatic carbocycles. The van der Waals surface area contributed by atoms with Gasteiger partial charge >= 0.3 is 6.03 Å². The zero-order chi connectivity index (χ0) is 12.6. The molecule has 0 radical (unpaired) electrons. The van der Waals surface area contributed by atoms with E-state index >= 15 is 0 Å². The van der Waals surface area contributed by atoms with Crippen molar-refractivity contribution in [2.75, 3.05) is 25.1 Å². The van der Waals surface area contributed by atoms with Gasteiger partial charge in [-0.2, -0.15) is 0 Å². The lowest BCUT2D eigenvalue weighted by Crippen LogP contribution is -2.29. The molecule has 1 aliphatic rings. The van der Waals surface area contributed by atoms with Crippen LogP contribution in [0.2, 0.25) is 0 Å². The second kappa shape index (κ2) is 6.96. The Balaban J connectivity index is 1.57. The van der Waals surface area contributed by atoms with Gasteiger partial charge in [0, 0.05) is 26.0 Å². The first-order valence-corrected chi connectivity index (χ1v) is 6.37. The van der Waals surface area contributed by atoms with Crippen molar-refractivity contribution in [2.45, 2.75) is 19.3 Å². The van der Waals surface area contributed by atoms with Crippen molar-refractivity contribution >= 4 is 11.7 Å². The van der Waals surface area contributed by atoms with E-state index in [1.54, 1.807) is 18.5 Å². The molecule has 0 bridgehead atoms. The highest BCUT2D eigenvalue weighted by Gasteiger charge is 2.14. The number of amides is 2. The molecule has 1 aromatic rings. The molecule has 1 aromatic heterocycles. The molecule has 0 aliphatic carbocycles. The van der Waals surface area contributed by atoms with Gasteiger partial charge in [-0.25, -0.2) is 4.79 Å². The third-order valence-corrected chi connectivity index (χ3v) is 3.02. The Morgan fingerprint density at radius 3 is 3.22 bits per heavy atom. The molecule has 2 N–H and O–H groups in total. The maximum atomic E-state index is 11.5. The monoisotopic (exact) mass is 249 g/mol. The van der Waals surface area contributed by atoms with E-state index in [4.69, 9.17) is 4.74 Å². The molecule has 98 valence electrons. The van der Waals surface area contributed by atoms with Crippen LogP contribution in [0.1, 0.15) is 19.3 Å². The van der Waals surface area contributed by atoms with Gasteiger partial charge in [-0.05, 0) is 37.3 Å². The fourth-order valence-electron chi connectivity index (χ4n) is 2.02. The summed E-state index contributed by atoms with van der Waals surface area (Å²) >= 11 is 0. The summed E-state index contributed by atoms with van der Waals surface area (Å²) in [6.45, 7) is 2.46. The number of hydrogen-bond acceptors (Lipinski definition) is 3. The highest BCUT2D eigenvalue weighted by atomic mass is 16.5. The van der Waals surface area contributed by atoms with E-state index in [2.05, 4.69) is 15.6 Å². The maximum Gasteiger partial charge on any atom is 0.319 e. The molecule has 1 saturated heterocycles. The van der Waals surface area contributed by atoms with Crippen LogP contribution in [-0.2, 0) is 4.74 Å². The number of carbonyl (C=O) groups is 1. The van der Waals surface area contributed by atoms with E-state index in [-0.39, 0.29) is 6.03 Å². The molecule has 0 unspecified atom stereocenters. The molecule has 5 nitrogen and oxygen atoms in total. The van der Waals surface area contributed by atoms with Crippen molar-refractivity contribution in [3.8, 4) is 0 Å². The zero-order valence-corrected chi connectivity index (χ0v) is 10.4. The van der Waals surface area contributed by atoms with Crippen molar-refractivity contribution in [1.82, 2.24) is 10.3 Å². The standard InChI is InChI=1S/C13H19N3O2/c17-13(16-12-4-2-6-14-9-12)15-7-1-3-11-5-8-18-10-11/h2,4,6,9,11H,1,3,5,7-8,10H2,(H2,15,16,17)/t11-/m0/s1. The lowest BCUT2D eigenvalue weighted by atomic mass is 10.0. The van der Waals surface area contributed by atoms with Crippen LogP contribution in [0.25, 0.3) is 0 Å². The molecule has 1 atom stereocenters. The first-order chi connectivity index (χ1) is 8.84. The number of urea groups is 1. The Labute approximate surface area is 107 Å². The average molecular weight is 249 g/mol. The van der Waals surface area contributed by atoms with E-state index in [1.807, 2.05) is 6.07 Å². The van der Waals surface area contributed by atoms with Crippen molar-refractivity contribution in [3.63, 3.8) is 0 Å². The lowest BCUT2D eigenvalue weighted by molar-refractivity contribution is 0.184. The van der Waals surface area contributed by atoms with Crippen LogP contribution in [0, 0.1) is 5.92 Å². The SMILES string of the molecule is O=C(NCCC[C@H]1CCOC1)Nc1cccnc1. The predicted molar refractivity (Wildman–Crippen MR) is 69.4 cm³/mol. The van der Waals surface area contributed by atoms with Crippen molar-refractivity contribution in [1.29, 1.82) is 0 Å². The number of nitrogens with one attached hydrogen (secondary N) is 2. The summed E-state index contributed by atoms with van der Waals surface area (Å²) in [6.07, 6.45) is 6.56. The summed E-state index contributed by atoms with van der Waals surface area (Å²) in [5.74, 6) is 0.674. The number of pyridine rings is 1. The number of anilines is 1. The summed E-state index contributed by atoms with van der Waals surface area (Å²) in [6, 6.07) is 3.42. The van der Waals surface area contributed by atoms with Crippen LogP contribution in [0.4, 0.5) is 10.5 Å². The van der Waals surface area contributed by atoms with E-state index in [0.29, 0.717) is 18.2 Å². The van der Waals surface area contributed by atoms with Crippen LogP contribution >= 0.6 is 0 Å². The first kappa shape index (κ1) is 12.8. The number of aromatic nitrogens is 1.